The van der Waals surface area contributed by atoms with Crippen LogP contribution in [-0.4, -0.2) is 55.9 Å². The minimum atomic E-state index is -0.851. The van der Waals surface area contributed by atoms with Crippen molar-refractivity contribution in [1.29, 1.82) is 0 Å². The Morgan fingerprint density at radius 1 is 1.38 bits per heavy atom. The highest BCUT2D eigenvalue weighted by Gasteiger charge is 2.51. The van der Waals surface area contributed by atoms with Crippen molar-refractivity contribution in [2.24, 2.45) is 0 Å². The summed E-state index contributed by atoms with van der Waals surface area (Å²) in [5, 5.41) is 0. The molecular weight excluding hydrogens is 280 g/mol. The van der Waals surface area contributed by atoms with Crippen LogP contribution in [0.25, 0.3) is 0 Å². The van der Waals surface area contributed by atoms with Crippen molar-refractivity contribution in [3.63, 3.8) is 0 Å². The fraction of sp³-hybridized carbons (Fsp3) is 0.714. The Balaban J connectivity index is 2.18. The second-order valence-corrected chi connectivity index (χ2v) is 5.46. The van der Waals surface area contributed by atoms with Crippen molar-refractivity contribution in [1.82, 2.24) is 0 Å². The molecule has 0 aliphatic carbocycles. The lowest BCUT2D eigenvalue weighted by Crippen LogP contribution is -2.48. The van der Waals surface area contributed by atoms with Crippen molar-refractivity contribution in [3.05, 3.63) is 12.2 Å². The van der Waals surface area contributed by atoms with Crippen LogP contribution in [0.2, 0.25) is 0 Å². The minimum absolute atomic E-state index is 0.363. The quantitative estimate of drug-likeness (QED) is 0.524. The van der Waals surface area contributed by atoms with Crippen LogP contribution in [0.4, 0.5) is 0 Å². The number of carbonyl (C=O) groups is 2. The lowest BCUT2D eigenvalue weighted by molar-refractivity contribution is -0.172. The van der Waals surface area contributed by atoms with Crippen LogP contribution in [0.1, 0.15) is 20.8 Å². The summed E-state index contributed by atoms with van der Waals surface area (Å²) >= 11 is 0. The standard InChI is InChI=1S/C14H20O7/c1-8(18-7-15)11(17-4)13-12(20-14(2,3)21-13)9-5-6-10(16)19-9/h5-9,11-13H,1-4H3/t8-,9+,11-,12+,13+/m0/s1. The van der Waals surface area contributed by atoms with E-state index in [0.717, 1.165) is 0 Å². The molecule has 0 aromatic heterocycles. The largest absolute Gasteiger partial charge is 0.462 e. The zero-order valence-electron chi connectivity index (χ0n) is 12.5. The Morgan fingerprint density at radius 2 is 2.10 bits per heavy atom. The molecule has 5 atom stereocenters. The molecule has 2 heterocycles. The van der Waals surface area contributed by atoms with E-state index in [1.807, 2.05) is 0 Å². The van der Waals surface area contributed by atoms with Crippen molar-refractivity contribution in [3.8, 4) is 0 Å². The van der Waals surface area contributed by atoms with Crippen molar-refractivity contribution in [2.45, 2.75) is 57.1 Å². The zero-order valence-corrected chi connectivity index (χ0v) is 12.5. The summed E-state index contributed by atoms with van der Waals surface area (Å²) < 4.78 is 27.2. The second kappa shape index (κ2) is 6.13. The highest BCUT2D eigenvalue weighted by molar-refractivity contribution is 5.84. The Hall–Kier alpha value is -1.44. The molecule has 2 aliphatic heterocycles. The van der Waals surface area contributed by atoms with Crippen LogP contribution in [0.3, 0.4) is 0 Å². The van der Waals surface area contributed by atoms with Crippen molar-refractivity contribution >= 4 is 12.4 Å². The molecular formula is C14H20O7. The van der Waals surface area contributed by atoms with E-state index in [2.05, 4.69) is 0 Å². The maximum atomic E-state index is 11.2. The number of esters is 1. The first kappa shape index (κ1) is 15.9. The maximum Gasteiger partial charge on any atom is 0.331 e. The molecule has 0 bridgehead atoms. The summed E-state index contributed by atoms with van der Waals surface area (Å²) in [6, 6.07) is 0. The van der Waals surface area contributed by atoms with Gasteiger partial charge >= 0.3 is 5.97 Å². The number of rotatable bonds is 6. The van der Waals surface area contributed by atoms with Gasteiger partial charge in [0.2, 0.25) is 0 Å². The molecule has 0 amide bonds. The maximum absolute atomic E-state index is 11.2. The lowest BCUT2D eigenvalue weighted by atomic mass is 9.99. The van der Waals surface area contributed by atoms with Crippen LogP contribution >= 0.6 is 0 Å². The van der Waals surface area contributed by atoms with Crippen LogP contribution in [-0.2, 0) is 33.3 Å². The summed E-state index contributed by atoms with van der Waals surface area (Å²) in [6.07, 6.45) is 0.274. The number of hydrogen-bond donors (Lipinski definition) is 0. The van der Waals surface area contributed by atoms with Gasteiger partial charge in [0.25, 0.3) is 6.47 Å². The molecule has 7 heteroatoms. The van der Waals surface area contributed by atoms with Gasteiger partial charge in [0.05, 0.1) is 0 Å². The van der Waals surface area contributed by atoms with Crippen molar-refractivity contribution in [2.75, 3.05) is 7.11 Å². The molecule has 0 aromatic rings. The summed E-state index contributed by atoms with van der Waals surface area (Å²) in [5.41, 5.74) is 0. The fourth-order valence-corrected chi connectivity index (χ4v) is 2.65. The van der Waals surface area contributed by atoms with E-state index in [-0.39, 0.29) is 0 Å². The highest BCUT2D eigenvalue weighted by atomic mass is 16.8. The van der Waals surface area contributed by atoms with Gasteiger partial charge < -0.3 is 23.7 Å². The molecule has 7 nitrogen and oxygen atoms in total. The molecule has 21 heavy (non-hydrogen) atoms. The van der Waals surface area contributed by atoms with Gasteiger partial charge in [0.1, 0.15) is 30.5 Å². The Kier molecular flexibility index (Phi) is 4.65. The molecule has 0 unspecified atom stereocenters. The van der Waals surface area contributed by atoms with Gasteiger partial charge in [-0.2, -0.15) is 0 Å². The van der Waals surface area contributed by atoms with Crippen molar-refractivity contribution < 1.29 is 33.3 Å². The molecule has 2 aliphatic rings. The average molecular weight is 300 g/mol. The van der Waals surface area contributed by atoms with E-state index < -0.39 is 42.3 Å². The third kappa shape index (κ3) is 3.42. The fourth-order valence-electron chi connectivity index (χ4n) is 2.65. The summed E-state index contributed by atoms with van der Waals surface area (Å²) in [6.45, 7) is 5.59. The topological polar surface area (TPSA) is 80.3 Å². The van der Waals surface area contributed by atoms with Gasteiger partial charge in [-0.15, -0.1) is 0 Å². The third-order valence-corrected chi connectivity index (χ3v) is 3.49. The molecule has 2 rings (SSSR count). The summed E-state index contributed by atoms with van der Waals surface area (Å²) in [5.74, 6) is -1.27. The highest BCUT2D eigenvalue weighted by Crippen LogP contribution is 2.35. The molecule has 0 saturated carbocycles. The Bertz CT molecular complexity index is 431. The zero-order chi connectivity index (χ0) is 15.6. The molecule has 0 radical (unpaired) electrons. The predicted molar refractivity (Wildman–Crippen MR) is 70.3 cm³/mol. The number of carbonyl (C=O) groups excluding carboxylic acids is 2. The Labute approximate surface area is 123 Å². The SMILES string of the molecule is CO[C@H]([C@H]1OC(C)(C)O[C@@H]1[C@H]1C=CC(=O)O1)[C@H](C)OC=O. The van der Waals surface area contributed by atoms with E-state index in [9.17, 15) is 9.59 Å². The first-order valence-electron chi connectivity index (χ1n) is 6.74. The predicted octanol–water partition coefficient (Wildman–Crippen LogP) is 0.565. The number of cyclic esters (lactones) is 1. The number of ether oxygens (including phenoxy) is 5. The van der Waals surface area contributed by atoms with E-state index >= 15 is 0 Å². The van der Waals surface area contributed by atoms with E-state index in [4.69, 9.17) is 23.7 Å². The van der Waals surface area contributed by atoms with Gasteiger partial charge in [-0.25, -0.2) is 4.79 Å². The molecule has 0 N–H and O–H groups in total. The third-order valence-electron chi connectivity index (χ3n) is 3.49. The monoisotopic (exact) mass is 300 g/mol. The van der Waals surface area contributed by atoms with Crippen LogP contribution in [0, 0.1) is 0 Å². The van der Waals surface area contributed by atoms with Crippen LogP contribution < -0.4 is 0 Å². The number of methoxy groups -OCH3 is 1. The number of hydrogen-bond acceptors (Lipinski definition) is 7. The minimum Gasteiger partial charge on any atom is -0.462 e. The van der Waals surface area contributed by atoms with E-state index in [1.165, 1.54) is 13.2 Å². The van der Waals surface area contributed by atoms with Crippen LogP contribution in [0.5, 0.6) is 0 Å². The lowest BCUT2D eigenvalue weighted by Gasteiger charge is -2.30. The van der Waals surface area contributed by atoms with Crippen LogP contribution in [0.15, 0.2) is 12.2 Å². The van der Waals surface area contributed by atoms with Gasteiger partial charge in [0.15, 0.2) is 5.79 Å². The average Bonchev–Trinajstić information content (AvgIpc) is 2.94. The van der Waals surface area contributed by atoms with Gasteiger partial charge in [-0.1, -0.05) is 0 Å². The van der Waals surface area contributed by atoms with Gasteiger partial charge in [-0.05, 0) is 26.8 Å². The Morgan fingerprint density at radius 3 is 2.62 bits per heavy atom. The molecule has 1 fully saturated rings. The normalized spacial score (nSPS) is 33.5. The second-order valence-electron chi connectivity index (χ2n) is 5.46. The summed E-state index contributed by atoms with van der Waals surface area (Å²) in [7, 11) is 1.50. The summed E-state index contributed by atoms with van der Waals surface area (Å²) in [4.78, 5) is 21.8. The van der Waals surface area contributed by atoms with Gasteiger partial charge in [-0.3, -0.25) is 4.79 Å². The molecule has 118 valence electrons. The molecule has 0 aromatic carbocycles. The van der Waals surface area contributed by atoms with E-state index in [0.29, 0.717) is 6.47 Å². The van der Waals surface area contributed by atoms with Gasteiger partial charge in [0, 0.05) is 13.2 Å². The van der Waals surface area contributed by atoms with E-state index in [1.54, 1.807) is 26.8 Å². The smallest absolute Gasteiger partial charge is 0.331 e. The first-order chi connectivity index (χ1) is 9.88. The first-order valence-corrected chi connectivity index (χ1v) is 6.74. The molecule has 1 saturated heterocycles. The molecule has 0 spiro atoms.